The van der Waals surface area contributed by atoms with Crippen LogP contribution in [0.25, 0.3) is 0 Å². The average Bonchev–Trinajstić information content (AvgIpc) is 2.56. The van der Waals surface area contributed by atoms with Crippen molar-refractivity contribution in [2.45, 2.75) is 17.9 Å². The molecular formula is C7H9F3N4O3S. The molecule has 0 aromatic carbocycles. The van der Waals surface area contributed by atoms with Crippen molar-refractivity contribution in [3.8, 4) is 0 Å². The van der Waals surface area contributed by atoms with Gasteiger partial charge in [0.15, 0.2) is 5.82 Å². The molecule has 1 rings (SSSR count). The molecule has 0 saturated carbocycles. The maximum atomic E-state index is 11.8. The van der Waals surface area contributed by atoms with Crippen LogP contribution in [0.2, 0.25) is 0 Å². The van der Waals surface area contributed by atoms with Gasteiger partial charge in [0.05, 0.1) is 5.75 Å². The number of rotatable bonds is 6. The number of hydrogen-bond donors (Lipinski definition) is 2. The van der Waals surface area contributed by atoms with Gasteiger partial charge in [0.2, 0.25) is 5.16 Å². The van der Waals surface area contributed by atoms with E-state index in [0.29, 0.717) is 0 Å². The van der Waals surface area contributed by atoms with E-state index < -0.39 is 25.4 Å². The molecular weight excluding hydrogens is 277 g/mol. The van der Waals surface area contributed by atoms with Gasteiger partial charge >= 0.3 is 12.1 Å². The topological polar surface area (TPSA) is 103 Å². The minimum atomic E-state index is -4.43. The third kappa shape index (κ3) is 4.79. The van der Waals surface area contributed by atoms with E-state index in [4.69, 9.17) is 10.9 Å². The first-order chi connectivity index (χ1) is 8.29. The third-order valence-electron chi connectivity index (χ3n) is 1.56. The second-order valence-corrected chi connectivity index (χ2v) is 4.00. The van der Waals surface area contributed by atoms with Crippen molar-refractivity contribution in [2.24, 2.45) is 0 Å². The van der Waals surface area contributed by atoms with Crippen LogP contribution in [0.15, 0.2) is 5.16 Å². The summed E-state index contributed by atoms with van der Waals surface area (Å²) in [7, 11) is 0. The Morgan fingerprint density at radius 2 is 2.17 bits per heavy atom. The molecule has 0 unspecified atom stereocenters. The quantitative estimate of drug-likeness (QED) is 0.570. The summed E-state index contributed by atoms with van der Waals surface area (Å²) in [5, 5.41) is 15.5. The van der Waals surface area contributed by atoms with Gasteiger partial charge < -0.3 is 15.7 Å². The van der Waals surface area contributed by atoms with Gasteiger partial charge in [-0.25, -0.2) is 4.68 Å². The number of nitrogens with zero attached hydrogens (tertiary/aromatic N) is 3. The van der Waals surface area contributed by atoms with E-state index in [-0.39, 0.29) is 16.7 Å². The zero-order valence-electron chi connectivity index (χ0n) is 8.85. The molecule has 1 heterocycles. The minimum Gasteiger partial charge on any atom is -0.481 e. The van der Waals surface area contributed by atoms with Gasteiger partial charge in [-0.1, -0.05) is 11.8 Å². The molecule has 3 N–H and O–H groups in total. The lowest BCUT2D eigenvalue weighted by Crippen LogP contribution is -2.20. The lowest BCUT2D eigenvalue weighted by Gasteiger charge is -2.07. The Balaban J connectivity index is 2.50. The van der Waals surface area contributed by atoms with E-state index in [1.165, 1.54) is 0 Å². The van der Waals surface area contributed by atoms with Crippen LogP contribution >= 0.6 is 11.8 Å². The van der Waals surface area contributed by atoms with E-state index in [1.54, 1.807) is 0 Å². The minimum absolute atomic E-state index is 0.0212. The number of ether oxygens (including phenoxy) is 1. The van der Waals surface area contributed by atoms with E-state index in [9.17, 15) is 18.0 Å². The van der Waals surface area contributed by atoms with Crippen LogP contribution in [0.5, 0.6) is 0 Å². The van der Waals surface area contributed by atoms with Crippen LogP contribution < -0.4 is 5.84 Å². The number of carboxylic acid groups (broad SMARTS) is 1. The highest BCUT2D eigenvalue weighted by Crippen LogP contribution is 2.17. The number of thioether (sulfide) groups is 1. The van der Waals surface area contributed by atoms with Gasteiger partial charge in [-0.15, -0.1) is 10.2 Å². The first kappa shape index (κ1) is 14.6. The van der Waals surface area contributed by atoms with Gasteiger partial charge in [-0.05, 0) is 0 Å². The summed E-state index contributed by atoms with van der Waals surface area (Å²) in [5.74, 6) is 4.08. The number of nitrogen functional groups attached to an aromatic ring is 1. The molecule has 0 saturated heterocycles. The molecule has 1 aromatic rings. The van der Waals surface area contributed by atoms with Crippen molar-refractivity contribution in [1.29, 1.82) is 0 Å². The van der Waals surface area contributed by atoms with Crippen LogP contribution in [0, 0.1) is 0 Å². The first-order valence-electron chi connectivity index (χ1n) is 4.48. The van der Waals surface area contributed by atoms with Gasteiger partial charge in [-0.2, -0.15) is 13.2 Å². The molecule has 0 fully saturated rings. The summed E-state index contributed by atoms with van der Waals surface area (Å²) in [4.78, 5) is 10.3. The fraction of sp³-hybridized carbons (Fsp3) is 0.571. The van der Waals surface area contributed by atoms with Crippen molar-refractivity contribution < 1.29 is 27.8 Å². The lowest BCUT2D eigenvalue weighted by atomic mass is 10.6. The van der Waals surface area contributed by atoms with Crippen LogP contribution in [0.3, 0.4) is 0 Å². The van der Waals surface area contributed by atoms with Crippen molar-refractivity contribution >= 4 is 17.7 Å². The van der Waals surface area contributed by atoms with E-state index in [1.807, 2.05) is 0 Å². The van der Waals surface area contributed by atoms with Gasteiger partial charge in [-0.3, -0.25) is 4.79 Å². The summed E-state index contributed by atoms with van der Waals surface area (Å²) in [6.07, 6.45) is -4.43. The van der Waals surface area contributed by atoms with Gasteiger partial charge in [0.1, 0.15) is 13.2 Å². The van der Waals surface area contributed by atoms with Gasteiger partial charge in [0, 0.05) is 0 Å². The van der Waals surface area contributed by atoms with E-state index >= 15 is 0 Å². The summed E-state index contributed by atoms with van der Waals surface area (Å²) in [6.45, 7) is -1.88. The van der Waals surface area contributed by atoms with E-state index in [0.717, 1.165) is 16.4 Å². The number of alkyl halides is 3. The smallest absolute Gasteiger partial charge is 0.411 e. The Morgan fingerprint density at radius 1 is 1.50 bits per heavy atom. The Kier molecular flexibility index (Phi) is 4.78. The van der Waals surface area contributed by atoms with Crippen LogP contribution in [0.4, 0.5) is 13.2 Å². The third-order valence-corrected chi connectivity index (χ3v) is 2.48. The summed E-state index contributed by atoms with van der Waals surface area (Å²) < 4.78 is 40.7. The maximum Gasteiger partial charge on any atom is 0.411 e. The zero-order valence-corrected chi connectivity index (χ0v) is 9.66. The largest absolute Gasteiger partial charge is 0.481 e. The average molecular weight is 286 g/mol. The molecule has 7 nitrogen and oxygen atoms in total. The molecule has 18 heavy (non-hydrogen) atoms. The summed E-state index contributed by atoms with van der Waals surface area (Å²) in [5.41, 5.74) is 0. The maximum absolute atomic E-state index is 11.8. The summed E-state index contributed by atoms with van der Waals surface area (Å²) >= 11 is 0.802. The number of carboxylic acids is 1. The molecule has 0 spiro atoms. The number of nitrogens with two attached hydrogens (primary N) is 1. The SMILES string of the molecule is Nn1c(COCC(F)(F)F)nnc1SCC(=O)O. The molecule has 0 amide bonds. The predicted molar refractivity (Wildman–Crippen MR) is 54.2 cm³/mol. The molecule has 0 aliphatic heterocycles. The Bertz CT molecular complexity index is 423. The van der Waals surface area contributed by atoms with Crippen molar-refractivity contribution in [1.82, 2.24) is 14.9 Å². The fourth-order valence-corrected chi connectivity index (χ4v) is 1.48. The molecule has 0 aliphatic rings. The normalized spacial score (nSPS) is 11.7. The van der Waals surface area contributed by atoms with Crippen LogP contribution in [-0.2, 0) is 16.1 Å². The molecule has 0 atom stereocenters. The Hall–Kier alpha value is -1.49. The number of hydrogen-bond acceptors (Lipinski definition) is 6. The van der Waals surface area contributed by atoms with Crippen molar-refractivity contribution in [3.63, 3.8) is 0 Å². The second-order valence-electron chi connectivity index (χ2n) is 3.06. The number of aromatic nitrogens is 3. The molecule has 102 valence electrons. The molecule has 11 heteroatoms. The molecule has 0 radical (unpaired) electrons. The predicted octanol–water partition coefficient (Wildman–Crippen LogP) is 0.247. The highest BCUT2D eigenvalue weighted by Gasteiger charge is 2.27. The van der Waals surface area contributed by atoms with Crippen LogP contribution in [-0.4, -0.2) is 44.5 Å². The fourth-order valence-electron chi connectivity index (χ4n) is 0.888. The van der Waals surface area contributed by atoms with Gasteiger partial charge in [0.25, 0.3) is 0 Å². The Labute approximate surface area is 103 Å². The van der Waals surface area contributed by atoms with E-state index in [2.05, 4.69) is 14.9 Å². The standard InChI is InChI=1S/C7H9F3N4O3S/c8-7(9,10)3-17-1-4-12-13-6(14(4)11)18-2-5(15)16/h1-3,11H2,(H,15,16). The highest BCUT2D eigenvalue weighted by atomic mass is 32.2. The summed E-state index contributed by atoms with van der Waals surface area (Å²) in [6, 6.07) is 0. The second kappa shape index (κ2) is 5.91. The number of aliphatic carboxylic acids is 1. The van der Waals surface area contributed by atoms with Crippen molar-refractivity contribution in [3.05, 3.63) is 5.82 Å². The molecule has 1 aromatic heterocycles. The molecule has 0 bridgehead atoms. The lowest BCUT2D eigenvalue weighted by molar-refractivity contribution is -0.177. The first-order valence-corrected chi connectivity index (χ1v) is 5.46. The monoisotopic (exact) mass is 286 g/mol. The number of halogens is 3. The van der Waals surface area contributed by atoms with Crippen molar-refractivity contribution in [2.75, 3.05) is 18.2 Å². The number of carbonyl (C=O) groups is 1. The van der Waals surface area contributed by atoms with Crippen LogP contribution in [0.1, 0.15) is 5.82 Å². The highest BCUT2D eigenvalue weighted by molar-refractivity contribution is 7.99. The zero-order chi connectivity index (χ0) is 13.8. The Morgan fingerprint density at radius 3 is 2.72 bits per heavy atom. The molecule has 0 aliphatic carbocycles.